The summed E-state index contributed by atoms with van der Waals surface area (Å²) < 4.78 is 27.0. The Morgan fingerprint density at radius 2 is 1.79 bits per heavy atom. The predicted molar refractivity (Wildman–Crippen MR) is 85.0 cm³/mol. The van der Waals surface area contributed by atoms with Crippen LogP contribution in [0.3, 0.4) is 0 Å². The molecule has 0 aliphatic carbocycles. The predicted octanol–water partition coefficient (Wildman–Crippen LogP) is 3.54. The van der Waals surface area contributed by atoms with Crippen LogP contribution in [0.5, 0.6) is 0 Å². The lowest BCUT2D eigenvalue weighted by molar-refractivity contribution is -0.385. The van der Waals surface area contributed by atoms with Gasteiger partial charge in [-0.2, -0.15) is 0 Å². The monoisotopic (exact) mass is 332 g/mol. The third-order valence-corrected chi connectivity index (χ3v) is 3.36. The number of nitro benzene ring substituents is 1. The van der Waals surface area contributed by atoms with E-state index in [1.165, 1.54) is 30.1 Å². The van der Waals surface area contributed by atoms with Crippen LogP contribution >= 0.6 is 0 Å². The minimum atomic E-state index is -0.777. The van der Waals surface area contributed by atoms with Crippen LogP contribution in [0.4, 0.5) is 14.5 Å². The molecule has 2 aromatic rings. The number of carbonyl (C=O) groups excluding carboxylic acids is 1. The third-order valence-electron chi connectivity index (χ3n) is 3.36. The number of amides is 1. The van der Waals surface area contributed by atoms with Gasteiger partial charge >= 0.3 is 0 Å². The van der Waals surface area contributed by atoms with E-state index in [9.17, 15) is 23.7 Å². The molecule has 0 aliphatic heterocycles. The van der Waals surface area contributed by atoms with Crippen molar-refractivity contribution >= 4 is 17.7 Å². The van der Waals surface area contributed by atoms with Gasteiger partial charge in [0.15, 0.2) is 0 Å². The Balaban J connectivity index is 2.13. The summed E-state index contributed by atoms with van der Waals surface area (Å²) in [6, 6.07) is 9.45. The molecule has 0 saturated carbocycles. The van der Waals surface area contributed by atoms with Crippen molar-refractivity contribution < 1.29 is 18.5 Å². The molecule has 2 aromatic carbocycles. The van der Waals surface area contributed by atoms with E-state index in [4.69, 9.17) is 0 Å². The number of carbonyl (C=O) groups is 1. The molecule has 24 heavy (non-hydrogen) atoms. The lowest BCUT2D eigenvalue weighted by Crippen LogP contribution is -2.24. The second-order valence-electron chi connectivity index (χ2n) is 5.05. The Kier molecular flexibility index (Phi) is 5.36. The van der Waals surface area contributed by atoms with Gasteiger partial charge in [-0.05, 0) is 18.2 Å². The van der Waals surface area contributed by atoms with Crippen LogP contribution in [0.25, 0.3) is 6.08 Å². The molecule has 124 valence electrons. The molecule has 0 unspecified atom stereocenters. The summed E-state index contributed by atoms with van der Waals surface area (Å²) in [6.07, 6.45) is 2.07. The topological polar surface area (TPSA) is 63.4 Å². The molecule has 5 nitrogen and oxygen atoms in total. The quantitative estimate of drug-likeness (QED) is 0.478. The van der Waals surface area contributed by atoms with Gasteiger partial charge < -0.3 is 4.90 Å². The van der Waals surface area contributed by atoms with E-state index in [1.807, 2.05) is 0 Å². The SMILES string of the molecule is CN(Cc1ccccc1[N+](=O)[O-])C(=O)/C=C/c1c(F)cccc1F. The van der Waals surface area contributed by atoms with Crippen molar-refractivity contribution in [3.8, 4) is 0 Å². The summed E-state index contributed by atoms with van der Waals surface area (Å²) in [6.45, 7) is 0.0000800. The summed E-state index contributed by atoms with van der Waals surface area (Å²) >= 11 is 0. The van der Waals surface area contributed by atoms with Crippen LogP contribution in [0.15, 0.2) is 48.5 Å². The summed E-state index contributed by atoms with van der Waals surface area (Å²) in [4.78, 5) is 23.7. The van der Waals surface area contributed by atoms with Gasteiger partial charge in [0.2, 0.25) is 5.91 Å². The molecule has 0 aromatic heterocycles. The molecule has 0 spiro atoms. The smallest absolute Gasteiger partial charge is 0.274 e. The largest absolute Gasteiger partial charge is 0.338 e. The van der Waals surface area contributed by atoms with Gasteiger partial charge in [-0.3, -0.25) is 14.9 Å². The number of hydrogen-bond donors (Lipinski definition) is 0. The Hall–Kier alpha value is -3.09. The number of rotatable bonds is 5. The van der Waals surface area contributed by atoms with Gasteiger partial charge in [-0.25, -0.2) is 8.78 Å². The zero-order valence-corrected chi connectivity index (χ0v) is 12.8. The first-order valence-corrected chi connectivity index (χ1v) is 6.99. The molecule has 7 heteroatoms. The highest BCUT2D eigenvalue weighted by Gasteiger charge is 2.16. The highest BCUT2D eigenvalue weighted by Crippen LogP contribution is 2.19. The number of halogens is 2. The summed E-state index contributed by atoms with van der Waals surface area (Å²) in [5.41, 5.74) is -0.0463. The molecule has 0 fully saturated rings. The molecule has 0 aliphatic rings. The van der Waals surface area contributed by atoms with E-state index in [0.29, 0.717) is 5.56 Å². The molecule has 0 radical (unpaired) electrons. The first-order chi connectivity index (χ1) is 11.4. The molecular weight excluding hydrogens is 318 g/mol. The average Bonchev–Trinajstić information content (AvgIpc) is 2.54. The molecule has 0 heterocycles. The van der Waals surface area contributed by atoms with Gasteiger partial charge in [0.05, 0.1) is 11.5 Å². The third kappa shape index (κ3) is 4.01. The van der Waals surface area contributed by atoms with Crippen molar-refractivity contribution in [1.82, 2.24) is 4.90 Å². The fourth-order valence-corrected chi connectivity index (χ4v) is 2.11. The van der Waals surface area contributed by atoms with Crippen molar-refractivity contribution in [2.45, 2.75) is 6.54 Å². The lowest BCUT2D eigenvalue weighted by Gasteiger charge is -2.15. The van der Waals surface area contributed by atoms with E-state index < -0.39 is 22.5 Å². The second-order valence-corrected chi connectivity index (χ2v) is 5.05. The number of likely N-dealkylation sites (N-methyl/N-ethyl adjacent to an activating group) is 1. The maximum atomic E-state index is 13.5. The maximum Gasteiger partial charge on any atom is 0.274 e. The Bertz CT molecular complexity index is 786. The Morgan fingerprint density at radius 3 is 2.42 bits per heavy atom. The van der Waals surface area contributed by atoms with Crippen LogP contribution in [-0.4, -0.2) is 22.8 Å². The van der Waals surface area contributed by atoms with Crippen molar-refractivity contribution in [2.75, 3.05) is 7.05 Å². The molecule has 1 amide bonds. The van der Waals surface area contributed by atoms with E-state index in [2.05, 4.69) is 0 Å². The minimum Gasteiger partial charge on any atom is -0.338 e. The molecule has 0 N–H and O–H groups in total. The van der Waals surface area contributed by atoms with E-state index in [1.54, 1.807) is 12.1 Å². The first kappa shape index (κ1) is 17.3. The van der Waals surface area contributed by atoms with Gasteiger partial charge in [0.1, 0.15) is 11.6 Å². The second kappa shape index (κ2) is 7.45. The van der Waals surface area contributed by atoms with E-state index in [0.717, 1.165) is 24.3 Å². The van der Waals surface area contributed by atoms with Crippen LogP contribution in [0.1, 0.15) is 11.1 Å². The van der Waals surface area contributed by atoms with E-state index >= 15 is 0 Å². The van der Waals surface area contributed by atoms with Gasteiger partial charge in [-0.1, -0.05) is 24.3 Å². The van der Waals surface area contributed by atoms with Crippen LogP contribution in [0.2, 0.25) is 0 Å². The van der Waals surface area contributed by atoms with Crippen LogP contribution < -0.4 is 0 Å². The average molecular weight is 332 g/mol. The highest BCUT2D eigenvalue weighted by atomic mass is 19.1. The number of nitrogens with zero attached hydrogens (tertiary/aromatic N) is 2. The van der Waals surface area contributed by atoms with Gasteiger partial charge in [0, 0.05) is 30.3 Å². The molecule has 2 rings (SSSR count). The minimum absolute atomic E-state index is 0.0000800. The molecule has 0 bridgehead atoms. The van der Waals surface area contributed by atoms with Crippen molar-refractivity contribution in [3.05, 3.63) is 81.4 Å². The van der Waals surface area contributed by atoms with Gasteiger partial charge in [0.25, 0.3) is 5.69 Å². The fraction of sp³-hybridized carbons (Fsp3) is 0.118. The highest BCUT2D eigenvalue weighted by molar-refractivity contribution is 5.91. The zero-order chi connectivity index (χ0) is 17.7. The Labute approximate surface area is 137 Å². The molecule has 0 atom stereocenters. The number of para-hydroxylation sites is 1. The lowest BCUT2D eigenvalue weighted by atomic mass is 10.1. The van der Waals surface area contributed by atoms with Crippen molar-refractivity contribution in [3.63, 3.8) is 0 Å². The summed E-state index contributed by atoms with van der Waals surface area (Å²) in [5.74, 6) is -2.09. The normalized spacial score (nSPS) is 10.8. The van der Waals surface area contributed by atoms with E-state index in [-0.39, 0.29) is 17.8 Å². The Morgan fingerprint density at radius 1 is 1.17 bits per heavy atom. The maximum absolute atomic E-state index is 13.5. The summed E-state index contributed by atoms with van der Waals surface area (Å²) in [5, 5.41) is 11.0. The van der Waals surface area contributed by atoms with Crippen molar-refractivity contribution in [2.24, 2.45) is 0 Å². The standard InChI is InChI=1S/C17H14F2N2O3/c1-20(11-12-5-2-3-8-16(12)21(23)24)17(22)10-9-13-14(18)6-4-7-15(13)19/h2-10H,11H2,1H3/b10-9+. The fourth-order valence-electron chi connectivity index (χ4n) is 2.11. The van der Waals surface area contributed by atoms with Crippen LogP contribution in [0, 0.1) is 21.7 Å². The number of nitro groups is 1. The zero-order valence-electron chi connectivity index (χ0n) is 12.8. The van der Waals surface area contributed by atoms with Crippen LogP contribution in [-0.2, 0) is 11.3 Å². The number of benzene rings is 2. The van der Waals surface area contributed by atoms with Gasteiger partial charge in [-0.15, -0.1) is 0 Å². The summed E-state index contributed by atoms with van der Waals surface area (Å²) in [7, 11) is 1.45. The first-order valence-electron chi connectivity index (χ1n) is 6.99. The van der Waals surface area contributed by atoms with Crippen molar-refractivity contribution in [1.29, 1.82) is 0 Å². The molecular formula is C17H14F2N2O3. The molecule has 0 saturated heterocycles. The number of hydrogen-bond acceptors (Lipinski definition) is 3.